The molecular weight excluding hydrogens is 255 g/mol. The van der Waals surface area contributed by atoms with Crippen LogP contribution in [-0.2, 0) is 0 Å². The van der Waals surface area contributed by atoms with Gasteiger partial charge in [-0.05, 0) is 22.0 Å². The number of hydrogen-bond donors (Lipinski definition) is 1. The van der Waals surface area contributed by atoms with Gasteiger partial charge in [-0.15, -0.1) is 11.3 Å². The van der Waals surface area contributed by atoms with Gasteiger partial charge in [0, 0.05) is 9.85 Å². The van der Waals surface area contributed by atoms with E-state index in [0.717, 1.165) is 4.47 Å². The van der Waals surface area contributed by atoms with Gasteiger partial charge in [0.2, 0.25) is 0 Å². The second kappa shape index (κ2) is 3.66. The minimum Gasteiger partial charge on any atom is -0.368 e. The Morgan fingerprint density at radius 3 is 2.58 bits per heavy atom. The van der Waals surface area contributed by atoms with Gasteiger partial charge < -0.3 is 5.32 Å². The minimum absolute atomic E-state index is 0.513. The largest absolute Gasteiger partial charge is 0.405 e. The lowest BCUT2D eigenvalue weighted by Gasteiger charge is -2.06. The first-order valence-electron chi connectivity index (χ1n) is 3.02. The highest BCUT2D eigenvalue weighted by molar-refractivity contribution is 9.10. The monoisotopic (exact) mass is 259 g/mol. The summed E-state index contributed by atoms with van der Waals surface area (Å²) in [5.74, 6) is 0. The molecule has 68 valence electrons. The van der Waals surface area contributed by atoms with Crippen LogP contribution in [0.3, 0.4) is 0 Å². The molecule has 0 aromatic carbocycles. The van der Waals surface area contributed by atoms with Crippen LogP contribution in [0.1, 0.15) is 0 Å². The van der Waals surface area contributed by atoms with Gasteiger partial charge in [0.05, 0.1) is 5.00 Å². The summed E-state index contributed by atoms with van der Waals surface area (Å²) in [5, 5.41) is 4.50. The van der Waals surface area contributed by atoms with Crippen LogP contribution < -0.4 is 5.32 Å². The van der Waals surface area contributed by atoms with Gasteiger partial charge in [-0.1, -0.05) is 0 Å². The topological polar surface area (TPSA) is 12.0 Å². The lowest BCUT2D eigenvalue weighted by atomic mass is 10.6. The fourth-order valence-electron chi connectivity index (χ4n) is 0.593. The Morgan fingerprint density at radius 2 is 2.17 bits per heavy atom. The van der Waals surface area contributed by atoms with Crippen molar-refractivity contribution in [2.45, 2.75) is 6.18 Å². The molecule has 1 heterocycles. The molecule has 0 saturated carbocycles. The summed E-state index contributed by atoms with van der Waals surface area (Å²) in [4.78, 5) is 0. The van der Waals surface area contributed by atoms with Crippen LogP contribution in [0.2, 0.25) is 0 Å². The van der Waals surface area contributed by atoms with Gasteiger partial charge in [0.1, 0.15) is 6.54 Å². The molecule has 0 aliphatic heterocycles. The maximum atomic E-state index is 11.7. The lowest BCUT2D eigenvalue weighted by molar-refractivity contribution is -0.115. The molecule has 0 aliphatic carbocycles. The van der Waals surface area contributed by atoms with Crippen LogP contribution in [0.5, 0.6) is 0 Å². The number of thiophene rings is 1. The van der Waals surface area contributed by atoms with Crippen LogP contribution in [0, 0.1) is 0 Å². The third kappa shape index (κ3) is 3.44. The first kappa shape index (κ1) is 9.85. The minimum atomic E-state index is -4.16. The SMILES string of the molecule is FC(F)(F)CNc1cc(Br)cs1. The lowest BCUT2D eigenvalue weighted by Crippen LogP contribution is -2.20. The van der Waals surface area contributed by atoms with Gasteiger partial charge in [-0.25, -0.2) is 0 Å². The van der Waals surface area contributed by atoms with E-state index in [9.17, 15) is 13.2 Å². The zero-order valence-corrected chi connectivity index (χ0v) is 8.18. The molecule has 0 unspecified atom stereocenters. The van der Waals surface area contributed by atoms with E-state index in [1.807, 2.05) is 0 Å². The molecule has 1 N–H and O–H groups in total. The molecule has 12 heavy (non-hydrogen) atoms. The average molecular weight is 260 g/mol. The number of hydrogen-bond acceptors (Lipinski definition) is 2. The van der Waals surface area contributed by atoms with Crippen molar-refractivity contribution in [3.05, 3.63) is 15.9 Å². The van der Waals surface area contributed by atoms with Gasteiger partial charge in [0.25, 0.3) is 0 Å². The Morgan fingerprint density at radius 1 is 1.50 bits per heavy atom. The second-order valence-corrected chi connectivity index (χ2v) is 3.92. The molecule has 0 bridgehead atoms. The molecule has 0 aliphatic rings. The third-order valence-corrected chi connectivity index (χ3v) is 2.68. The standard InChI is InChI=1S/C6H5BrF3NS/c7-4-1-5(12-2-4)11-3-6(8,9)10/h1-2,11H,3H2. The van der Waals surface area contributed by atoms with E-state index >= 15 is 0 Å². The van der Waals surface area contributed by atoms with Gasteiger partial charge in [-0.3, -0.25) is 0 Å². The molecular formula is C6H5BrF3NS. The molecule has 6 heteroatoms. The molecule has 1 aromatic heterocycles. The van der Waals surface area contributed by atoms with E-state index in [1.54, 1.807) is 11.4 Å². The number of nitrogens with one attached hydrogen (secondary N) is 1. The average Bonchev–Trinajstić information content (AvgIpc) is 2.30. The van der Waals surface area contributed by atoms with Crippen molar-refractivity contribution >= 4 is 32.3 Å². The third-order valence-electron chi connectivity index (χ3n) is 1.03. The summed E-state index contributed by atoms with van der Waals surface area (Å²) in [5.41, 5.74) is 0. The maximum Gasteiger partial charge on any atom is 0.405 e. The maximum absolute atomic E-state index is 11.7. The quantitative estimate of drug-likeness (QED) is 0.858. The molecule has 0 atom stereocenters. The smallest absolute Gasteiger partial charge is 0.368 e. The predicted molar refractivity (Wildman–Crippen MR) is 46.6 cm³/mol. The number of halogens is 4. The highest BCUT2D eigenvalue weighted by Crippen LogP contribution is 2.25. The van der Waals surface area contributed by atoms with Gasteiger partial charge in [-0.2, -0.15) is 13.2 Å². The van der Waals surface area contributed by atoms with E-state index in [-0.39, 0.29) is 0 Å². The van der Waals surface area contributed by atoms with E-state index < -0.39 is 12.7 Å². The number of anilines is 1. The van der Waals surface area contributed by atoms with E-state index in [1.165, 1.54) is 11.3 Å². The van der Waals surface area contributed by atoms with Crippen LogP contribution in [0.25, 0.3) is 0 Å². The van der Waals surface area contributed by atoms with Crippen molar-refractivity contribution in [1.82, 2.24) is 0 Å². The van der Waals surface area contributed by atoms with E-state index in [4.69, 9.17) is 0 Å². The van der Waals surface area contributed by atoms with Crippen LogP contribution in [0.15, 0.2) is 15.9 Å². The van der Waals surface area contributed by atoms with Crippen molar-refractivity contribution in [3.63, 3.8) is 0 Å². The van der Waals surface area contributed by atoms with Crippen molar-refractivity contribution in [2.24, 2.45) is 0 Å². The molecule has 0 radical (unpaired) electrons. The molecule has 1 nitrogen and oxygen atoms in total. The second-order valence-electron chi connectivity index (χ2n) is 2.10. The van der Waals surface area contributed by atoms with Crippen molar-refractivity contribution in [1.29, 1.82) is 0 Å². The fourth-order valence-corrected chi connectivity index (χ4v) is 1.91. The van der Waals surface area contributed by atoms with E-state index in [2.05, 4.69) is 21.2 Å². The first-order valence-corrected chi connectivity index (χ1v) is 4.69. The van der Waals surface area contributed by atoms with Crippen molar-refractivity contribution in [2.75, 3.05) is 11.9 Å². The number of rotatable bonds is 2. The Bertz CT molecular complexity index is 258. The highest BCUT2D eigenvalue weighted by atomic mass is 79.9. The fraction of sp³-hybridized carbons (Fsp3) is 0.333. The van der Waals surface area contributed by atoms with Gasteiger partial charge in [0.15, 0.2) is 0 Å². The summed E-state index contributed by atoms with van der Waals surface area (Å²) in [7, 11) is 0. The first-order chi connectivity index (χ1) is 5.47. The Labute approximate surface area is 79.7 Å². The van der Waals surface area contributed by atoms with Crippen molar-refractivity contribution < 1.29 is 13.2 Å². The predicted octanol–water partition coefficient (Wildman–Crippen LogP) is 3.48. The summed E-state index contributed by atoms with van der Waals surface area (Å²) in [6, 6.07) is 1.61. The Kier molecular flexibility index (Phi) is 3.00. The number of alkyl halides is 3. The molecule has 1 rings (SSSR count). The summed E-state index contributed by atoms with van der Waals surface area (Å²) in [6.07, 6.45) is -4.16. The Hall–Kier alpha value is -0.230. The molecule has 0 fully saturated rings. The molecule has 0 amide bonds. The van der Waals surface area contributed by atoms with Gasteiger partial charge >= 0.3 is 6.18 Å². The summed E-state index contributed by atoms with van der Waals surface area (Å²) in [6.45, 7) is -0.986. The normalized spacial score (nSPS) is 11.7. The zero-order chi connectivity index (χ0) is 9.19. The molecule has 1 aromatic rings. The summed E-state index contributed by atoms with van der Waals surface area (Å²) >= 11 is 4.37. The molecule has 0 saturated heterocycles. The van der Waals surface area contributed by atoms with E-state index in [0.29, 0.717) is 5.00 Å². The van der Waals surface area contributed by atoms with Crippen LogP contribution in [0.4, 0.5) is 18.2 Å². The molecule has 0 spiro atoms. The zero-order valence-electron chi connectivity index (χ0n) is 5.78. The Balaban J connectivity index is 2.44. The summed E-state index contributed by atoms with van der Waals surface area (Å²) < 4.78 is 35.8. The highest BCUT2D eigenvalue weighted by Gasteiger charge is 2.26. The van der Waals surface area contributed by atoms with Crippen LogP contribution >= 0.6 is 27.3 Å². The van der Waals surface area contributed by atoms with Crippen molar-refractivity contribution in [3.8, 4) is 0 Å². The van der Waals surface area contributed by atoms with Crippen LogP contribution in [-0.4, -0.2) is 12.7 Å².